The van der Waals surface area contributed by atoms with Crippen LogP contribution in [0.5, 0.6) is 5.75 Å². The van der Waals surface area contributed by atoms with Crippen molar-refractivity contribution < 1.29 is 28.2 Å². The van der Waals surface area contributed by atoms with Gasteiger partial charge in [0.25, 0.3) is 5.91 Å². The van der Waals surface area contributed by atoms with Crippen LogP contribution in [0.2, 0.25) is 0 Å². The van der Waals surface area contributed by atoms with Gasteiger partial charge in [0.15, 0.2) is 5.69 Å². The number of nitrogens with one attached hydrogen (secondary N) is 2. The third kappa shape index (κ3) is 9.11. The van der Waals surface area contributed by atoms with Crippen molar-refractivity contribution in [2.75, 3.05) is 51.9 Å². The minimum atomic E-state index is -0.337. The van der Waals surface area contributed by atoms with Gasteiger partial charge in [-0.25, -0.2) is 9.78 Å². The van der Waals surface area contributed by atoms with Crippen LogP contribution >= 0.6 is 0 Å². The third-order valence-electron chi connectivity index (χ3n) is 4.62. The number of aromatic nitrogens is 1. The fraction of sp³-hybridized carbons (Fsp3) is 0.522. The van der Waals surface area contributed by atoms with Gasteiger partial charge < -0.3 is 34.2 Å². The number of urea groups is 1. The summed E-state index contributed by atoms with van der Waals surface area (Å²) >= 11 is 0. The minimum Gasteiger partial charge on any atom is -0.495 e. The zero-order valence-electron chi connectivity index (χ0n) is 19.6. The molecule has 0 saturated heterocycles. The van der Waals surface area contributed by atoms with E-state index in [1.807, 2.05) is 26.0 Å². The molecule has 0 aliphatic carbocycles. The molecule has 2 rings (SSSR count). The van der Waals surface area contributed by atoms with Gasteiger partial charge in [-0.15, -0.1) is 0 Å². The number of methoxy groups -OCH3 is 1. The van der Waals surface area contributed by atoms with E-state index >= 15 is 0 Å². The Kier molecular flexibility index (Phi) is 11.8. The SMILES string of the molecule is CCOCCCNC(=O)c1coc(CN(CCCOCC)C(=O)Nc2ccccc2OC)n1. The van der Waals surface area contributed by atoms with Gasteiger partial charge in [0.1, 0.15) is 12.0 Å². The van der Waals surface area contributed by atoms with Crippen molar-refractivity contribution in [2.24, 2.45) is 0 Å². The quantitative estimate of drug-likeness (QED) is 0.390. The normalized spacial score (nSPS) is 10.6. The second kappa shape index (κ2) is 14.9. The van der Waals surface area contributed by atoms with Gasteiger partial charge in [-0.05, 0) is 38.8 Å². The monoisotopic (exact) mass is 462 g/mol. The van der Waals surface area contributed by atoms with E-state index < -0.39 is 0 Å². The molecule has 1 aromatic heterocycles. The summed E-state index contributed by atoms with van der Waals surface area (Å²) < 4.78 is 21.4. The molecule has 10 heteroatoms. The van der Waals surface area contributed by atoms with Crippen molar-refractivity contribution >= 4 is 17.6 Å². The van der Waals surface area contributed by atoms with Crippen LogP contribution in [0.25, 0.3) is 0 Å². The van der Waals surface area contributed by atoms with Crippen molar-refractivity contribution in [1.29, 1.82) is 0 Å². The highest BCUT2D eigenvalue weighted by Crippen LogP contribution is 2.23. The number of rotatable bonds is 15. The topological polar surface area (TPSA) is 115 Å². The summed E-state index contributed by atoms with van der Waals surface area (Å²) in [7, 11) is 1.54. The predicted molar refractivity (Wildman–Crippen MR) is 123 cm³/mol. The molecule has 0 fully saturated rings. The molecule has 2 N–H and O–H groups in total. The lowest BCUT2D eigenvalue weighted by molar-refractivity contribution is 0.0939. The molecule has 0 saturated carbocycles. The van der Waals surface area contributed by atoms with Gasteiger partial charge in [0, 0.05) is 39.5 Å². The highest BCUT2D eigenvalue weighted by Gasteiger charge is 2.19. The first-order chi connectivity index (χ1) is 16.1. The maximum atomic E-state index is 13.0. The first kappa shape index (κ1) is 26.1. The molecule has 33 heavy (non-hydrogen) atoms. The first-order valence-electron chi connectivity index (χ1n) is 11.2. The first-order valence-corrected chi connectivity index (χ1v) is 11.2. The average molecular weight is 463 g/mol. The molecule has 0 unspecified atom stereocenters. The number of hydrogen-bond donors (Lipinski definition) is 2. The highest BCUT2D eigenvalue weighted by atomic mass is 16.5. The molecule has 1 aromatic carbocycles. The average Bonchev–Trinajstić information content (AvgIpc) is 3.30. The van der Waals surface area contributed by atoms with Crippen LogP contribution in [-0.2, 0) is 16.0 Å². The Balaban J connectivity index is 1.99. The van der Waals surface area contributed by atoms with Crippen LogP contribution in [0.3, 0.4) is 0 Å². The number of carbonyl (C=O) groups is 2. The summed E-state index contributed by atoms with van der Waals surface area (Å²) in [4.78, 5) is 31.0. The summed E-state index contributed by atoms with van der Waals surface area (Å²) in [5.41, 5.74) is 0.722. The number of para-hydroxylation sites is 2. The van der Waals surface area contributed by atoms with Gasteiger partial charge in [-0.2, -0.15) is 0 Å². The predicted octanol–water partition coefficient (Wildman–Crippen LogP) is 3.30. The molecule has 0 atom stereocenters. The van der Waals surface area contributed by atoms with Crippen molar-refractivity contribution in [2.45, 2.75) is 33.2 Å². The van der Waals surface area contributed by atoms with Crippen LogP contribution in [0.4, 0.5) is 10.5 Å². The Labute approximate surface area is 194 Å². The summed E-state index contributed by atoms with van der Waals surface area (Å²) in [6, 6.07) is 6.82. The molecule has 0 aliphatic heterocycles. The van der Waals surface area contributed by atoms with Gasteiger partial charge >= 0.3 is 6.03 Å². The van der Waals surface area contributed by atoms with Crippen molar-refractivity contribution in [1.82, 2.24) is 15.2 Å². The maximum Gasteiger partial charge on any atom is 0.322 e. The van der Waals surface area contributed by atoms with Gasteiger partial charge in [-0.1, -0.05) is 12.1 Å². The molecule has 182 valence electrons. The Morgan fingerprint density at radius 2 is 1.82 bits per heavy atom. The fourth-order valence-electron chi connectivity index (χ4n) is 2.96. The van der Waals surface area contributed by atoms with E-state index in [4.69, 9.17) is 18.6 Å². The largest absolute Gasteiger partial charge is 0.495 e. The van der Waals surface area contributed by atoms with E-state index in [-0.39, 0.29) is 30.1 Å². The lowest BCUT2D eigenvalue weighted by Gasteiger charge is -2.22. The molecule has 0 aliphatic rings. The number of benzene rings is 1. The second-order valence-corrected chi connectivity index (χ2v) is 7.04. The molecule has 10 nitrogen and oxygen atoms in total. The molecule has 0 radical (unpaired) electrons. The third-order valence-corrected chi connectivity index (χ3v) is 4.62. The Bertz CT molecular complexity index is 857. The Morgan fingerprint density at radius 1 is 1.09 bits per heavy atom. The van der Waals surface area contributed by atoms with E-state index in [0.29, 0.717) is 63.8 Å². The number of anilines is 1. The molecule has 0 spiro atoms. The molecule has 2 aromatic rings. The van der Waals surface area contributed by atoms with Gasteiger partial charge in [0.05, 0.1) is 19.3 Å². The summed E-state index contributed by atoms with van der Waals surface area (Å²) in [6.45, 7) is 7.20. The van der Waals surface area contributed by atoms with E-state index in [1.54, 1.807) is 24.1 Å². The molecular weight excluding hydrogens is 428 g/mol. The Hall–Kier alpha value is -3.11. The van der Waals surface area contributed by atoms with Gasteiger partial charge in [0.2, 0.25) is 5.89 Å². The molecule has 0 bridgehead atoms. The number of ether oxygens (including phenoxy) is 3. The van der Waals surface area contributed by atoms with Crippen molar-refractivity contribution in [3.63, 3.8) is 0 Å². The lowest BCUT2D eigenvalue weighted by atomic mass is 10.3. The molecule has 1 heterocycles. The van der Waals surface area contributed by atoms with Gasteiger partial charge in [-0.3, -0.25) is 4.79 Å². The smallest absolute Gasteiger partial charge is 0.322 e. The van der Waals surface area contributed by atoms with E-state index in [2.05, 4.69) is 15.6 Å². The van der Waals surface area contributed by atoms with E-state index in [0.717, 1.165) is 0 Å². The zero-order valence-corrected chi connectivity index (χ0v) is 19.6. The van der Waals surface area contributed by atoms with Crippen molar-refractivity contribution in [3.05, 3.63) is 42.1 Å². The van der Waals surface area contributed by atoms with E-state index in [9.17, 15) is 9.59 Å². The van der Waals surface area contributed by atoms with Crippen molar-refractivity contribution in [3.8, 4) is 5.75 Å². The lowest BCUT2D eigenvalue weighted by Crippen LogP contribution is -2.36. The summed E-state index contributed by atoms with van der Waals surface area (Å²) in [5, 5.41) is 5.63. The number of hydrogen-bond acceptors (Lipinski definition) is 7. The summed E-state index contributed by atoms with van der Waals surface area (Å²) in [5.74, 6) is 0.489. The van der Waals surface area contributed by atoms with Crippen LogP contribution < -0.4 is 15.4 Å². The second-order valence-electron chi connectivity index (χ2n) is 7.04. The fourth-order valence-corrected chi connectivity index (χ4v) is 2.96. The Morgan fingerprint density at radius 3 is 2.55 bits per heavy atom. The number of oxazole rings is 1. The zero-order chi connectivity index (χ0) is 23.9. The summed E-state index contributed by atoms with van der Waals surface area (Å²) in [6.07, 6.45) is 2.64. The number of amides is 3. The van der Waals surface area contributed by atoms with Crippen LogP contribution in [-0.4, -0.2) is 68.4 Å². The number of carbonyl (C=O) groups excluding carboxylic acids is 2. The molecular formula is C23H34N4O6. The maximum absolute atomic E-state index is 13.0. The van der Waals surface area contributed by atoms with Crippen LogP contribution in [0, 0.1) is 0 Å². The standard InChI is InChI=1S/C23H34N4O6/c1-4-31-14-8-12-24-22(28)19-17-33-21(25-19)16-27(13-9-15-32-5-2)23(29)26-18-10-6-7-11-20(18)30-3/h6-7,10-11,17H,4-5,8-9,12-16H2,1-3H3,(H,24,28)(H,26,29). The number of nitrogens with zero attached hydrogens (tertiary/aromatic N) is 2. The highest BCUT2D eigenvalue weighted by molar-refractivity contribution is 5.92. The minimum absolute atomic E-state index is 0.102. The van der Waals surface area contributed by atoms with Crippen LogP contribution in [0.15, 0.2) is 34.9 Å². The molecule has 3 amide bonds. The van der Waals surface area contributed by atoms with Crippen LogP contribution in [0.1, 0.15) is 43.1 Å². The van der Waals surface area contributed by atoms with E-state index in [1.165, 1.54) is 6.26 Å².